The molecule has 0 spiro atoms. The number of carbonyl (C=O) groups excluding carboxylic acids is 2. The van der Waals surface area contributed by atoms with Crippen molar-refractivity contribution in [2.75, 3.05) is 5.32 Å². The molecule has 1 amide bonds. The maximum Gasteiger partial charge on any atom is 0.387 e. The van der Waals surface area contributed by atoms with E-state index in [1.165, 1.54) is 33.9 Å². The number of rotatable bonds is 7. The fraction of sp³-hybridized carbons (Fsp3) is 0.0870. The van der Waals surface area contributed by atoms with Crippen molar-refractivity contribution in [2.24, 2.45) is 0 Å². The number of nitrogens with one attached hydrogen (secondary N) is 1. The van der Waals surface area contributed by atoms with Crippen LogP contribution in [0.5, 0.6) is 5.75 Å². The summed E-state index contributed by atoms with van der Waals surface area (Å²) in [6.07, 6.45) is 6.63. The van der Waals surface area contributed by atoms with E-state index in [4.69, 9.17) is 4.74 Å². The van der Waals surface area contributed by atoms with Crippen LogP contribution in [0, 0.1) is 0 Å². The Hall–Kier alpha value is -4.67. The van der Waals surface area contributed by atoms with E-state index in [0.29, 0.717) is 17.3 Å². The van der Waals surface area contributed by atoms with E-state index in [1.807, 2.05) is 12.1 Å². The third-order valence-electron chi connectivity index (χ3n) is 5.11. The van der Waals surface area contributed by atoms with E-state index in [0.717, 1.165) is 5.39 Å². The molecule has 0 unspecified atom stereocenters. The molecule has 0 saturated carbocycles. The zero-order valence-corrected chi connectivity index (χ0v) is 17.4. The van der Waals surface area contributed by atoms with Crippen LogP contribution in [-0.4, -0.2) is 43.2 Å². The number of benzene rings is 2. The third kappa shape index (κ3) is 3.94. The van der Waals surface area contributed by atoms with Gasteiger partial charge in [0.05, 0.1) is 18.4 Å². The summed E-state index contributed by atoms with van der Waals surface area (Å²) in [5.41, 5.74) is 1.15. The lowest BCUT2D eigenvalue weighted by molar-refractivity contribution is -0.108. The molecule has 170 valence electrons. The number of aromatic nitrogens is 5. The molecule has 5 rings (SSSR count). The number of hydrogen-bond donors (Lipinski definition) is 1. The van der Waals surface area contributed by atoms with Crippen molar-refractivity contribution >= 4 is 34.3 Å². The Morgan fingerprint density at radius 2 is 1.97 bits per heavy atom. The van der Waals surface area contributed by atoms with Crippen molar-refractivity contribution in [3.8, 4) is 17.0 Å². The number of anilines is 1. The number of alkyl halides is 2. The van der Waals surface area contributed by atoms with Crippen LogP contribution in [0.2, 0.25) is 0 Å². The number of fused-ring (bicyclic) bond motifs is 2. The number of amides is 1. The van der Waals surface area contributed by atoms with Crippen LogP contribution in [0.4, 0.5) is 14.5 Å². The lowest BCUT2D eigenvalue weighted by Gasteiger charge is -2.12. The summed E-state index contributed by atoms with van der Waals surface area (Å²) in [6, 6.07) is 12.0. The Morgan fingerprint density at radius 1 is 1.18 bits per heavy atom. The molecule has 3 heterocycles. The van der Waals surface area contributed by atoms with Crippen molar-refractivity contribution in [3.05, 3.63) is 72.8 Å². The third-order valence-corrected chi connectivity index (χ3v) is 5.11. The van der Waals surface area contributed by atoms with Gasteiger partial charge in [0, 0.05) is 24.2 Å². The molecular formula is C23H16F2N6O3. The maximum atomic E-state index is 13.2. The molecule has 5 aromatic rings. The van der Waals surface area contributed by atoms with Gasteiger partial charge in [-0.15, -0.1) is 0 Å². The summed E-state index contributed by atoms with van der Waals surface area (Å²) in [4.78, 5) is 28.3. The molecule has 0 radical (unpaired) electrons. The highest BCUT2D eigenvalue weighted by Gasteiger charge is 2.22. The van der Waals surface area contributed by atoms with Gasteiger partial charge in [-0.05, 0) is 29.0 Å². The van der Waals surface area contributed by atoms with Gasteiger partial charge in [-0.1, -0.05) is 24.3 Å². The van der Waals surface area contributed by atoms with E-state index >= 15 is 0 Å². The average Bonchev–Trinajstić information content (AvgIpc) is 3.42. The Morgan fingerprint density at radius 3 is 2.74 bits per heavy atom. The van der Waals surface area contributed by atoms with Gasteiger partial charge in [-0.25, -0.2) is 9.50 Å². The van der Waals surface area contributed by atoms with Crippen molar-refractivity contribution in [1.82, 2.24) is 24.4 Å². The minimum Gasteiger partial charge on any atom is -0.434 e. The van der Waals surface area contributed by atoms with Gasteiger partial charge >= 0.3 is 6.61 Å². The molecular weight excluding hydrogens is 446 g/mol. The van der Waals surface area contributed by atoms with Crippen LogP contribution in [-0.2, 0) is 11.3 Å². The molecule has 0 aliphatic heterocycles. The summed E-state index contributed by atoms with van der Waals surface area (Å²) in [5, 5.41) is 12.6. The second kappa shape index (κ2) is 8.70. The van der Waals surface area contributed by atoms with E-state index in [2.05, 4.69) is 20.5 Å². The molecule has 3 aromatic heterocycles. The average molecular weight is 462 g/mol. The van der Waals surface area contributed by atoms with E-state index < -0.39 is 12.5 Å². The van der Waals surface area contributed by atoms with Gasteiger partial charge in [-0.2, -0.15) is 19.0 Å². The molecule has 0 saturated heterocycles. The molecule has 0 atom stereocenters. The topological polar surface area (TPSA) is 103 Å². The number of aldehydes is 1. The minimum atomic E-state index is -3.07. The molecule has 0 aliphatic carbocycles. The van der Waals surface area contributed by atoms with Crippen LogP contribution in [0.15, 0.2) is 67.3 Å². The van der Waals surface area contributed by atoms with Crippen LogP contribution < -0.4 is 10.1 Å². The highest BCUT2D eigenvalue weighted by Crippen LogP contribution is 2.38. The smallest absolute Gasteiger partial charge is 0.387 e. The summed E-state index contributed by atoms with van der Waals surface area (Å²) in [6.45, 7) is -3.17. The maximum absolute atomic E-state index is 13.2. The summed E-state index contributed by atoms with van der Waals surface area (Å²) < 4.78 is 33.9. The first-order valence-electron chi connectivity index (χ1n) is 10.1. The number of carbonyl (C=O) groups is 2. The second-order valence-electron chi connectivity index (χ2n) is 7.25. The fourth-order valence-corrected chi connectivity index (χ4v) is 3.66. The van der Waals surface area contributed by atoms with E-state index in [1.54, 1.807) is 30.5 Å². The fourth-order valence-electron chi connectivity index (χ4n) is 3.66. The van der Waals surface area contributed by atoms with Crippen molar-refractivity contribution < 1.29 is 23.1 Å². The van der Waals surface area contributed by atoms with Gasteiger partial charge in [0.2, 0.25) is 0 Å². The molecule has 0 bridgehead atoms. The van der Waals surface area contributed by atoms with Gasteiger partial charge < -0.3 is 14.8 Å². The summed E-state index contributed by atoms with van der Waals surface area (Å²) in [7, 11) is 0. The number of hydrogen-bond acceptors (Lipinski definition) is 6. The Kier molecular flexibility index (Phi) is 5.42. The number of nitrogens with zero attached hydrogens (tertiary/aromatic N) is 5. The molecule has 0 fully saturated rings. The Labute approximate surface area is 190 Å². The predicted molar refractivity (Wildman–Crippen MR) is 119 cm³/mol. The van der Waals surface area contributed by atoms with E-state index in [-0.39, 0.29) is 34.8 Å². The predicted octanol–water partition coefficient (Wildman–Crippen LogP) is 3.80. The van der Waals surface area contributed by atoms with Crippen LogP contribution in [0.1, 0.15) is 10.4 Å². The minimum absolute atomic E-state index is 0.0975. The molecule has 2 aromatic carbocycles. The van der Waals surface area contributed by atoms with Crippen molar-refractivity contribution in [2.45, 2.75) is 13.2 Å². The molecule has 1 N–H and O–H groups in total. The van der Waals surface area contributed by atoms with Crippen LogP contribution in [0.3, 0.4) is 0 Å². The first kappa shape index (κ1) is 21.2. The molecule has 34 heavy (non-hydrogen) atoms. The van der Waals surface area contributed by atoms with Crippen LogP contribution >= 0.6 is 0 Å². The monoisotopic (exact) mass is 462 g/mol. The van der Waals surface area contributed by atoms with Gasteiger partial charge in [0.15, 0.2) is 5.65 Å². The van der Waals surface area contributed by atoms with Gasteiger partial charge in [-0.3, -0.25) is 9.48 Å². The Balaban J connectivity index is 1.62. The zero-order chi connectivity index (χ0) is 23.7. The number of ether oxygens (including phenoxy) is 1. The first-order valence-corrected chi connectivity index (χ1v) is 10.1. The van der Waals surface area contributed by atoms with E-state index in [9.17, 15) is 18.4 Å². The first-order chi connectivity index (χ1) is 16.5. The van der Waals surface area contributed by atoms with Crippen LogP contribution in [0.25, 0.3) is 27.7 Å². The SMILES string of the molecule is O=CCn1cc(NC(=O)c2cnn3cccnc23)c(-c2cc3ccccc3cc2OC(F)F)n1. The lowest BCUT2D eigenvalue weighted by atomic mass is 10.0. The summed E-state index contributed by atoms with van der Waals surface area (Å²) >= 11 is 0. The zero-order valence-electron chi connectivity index (χ0n) is 17.4. The summed E-state index contributed by atoms with van der Waals surface area (Å²) in [5.74, 6) is -0.643. The van der Waals surface area contributed by atoms with Crippen molar-refractivity contribution in [1.29, 1.82) is 0 Å². The van der Waals surface area contributed by atoms with Gasteiger partial charge in [0.25, 0.3) is 5.91 Å². The highest BCUT2D eigenvalue weighted by molar-refractivity contribution is 6.09. The second-order valence-corrected chi connectivity index (χ2v) is 7.25. The molecule has 0 aliphatic rings. The quantitative estimate of drug-likeness (QED) is 0.369. The Bertz CT molecular complexity index is 1530. The van der Waals surface area contributed by atoms with Gasteiger partial charge in [0.1, 0.15) is 23.3 Å². The standard InChI is InChI=1S/C23H16F2N6O3/c24-23(25)34-19-11-15-5-2-1-4-14(15)10-16(19)20-18(13-30(29-20)8-9-32)28-22(33)17-12-27-31-7-3-6-26-21(17)31/h1-7,9-13,23H,8H2,(H,28,33). The lowest BCUT2D eigenvalue weighted by Crippen LogP contribution is -2.12. The molecule has 9 nitrogen and oxygen atoms in total. The normalized spacial score (nSPS) is 11.3. The number of halogens is 2. The highest BCUT2D eigenvalue weighted by atomic mass is 19.3. The molecule has 11 heteroatoms. The largest absolute Gasteiger partial charge is 0.434 e. The van der Waals surface area contributed by atoms with Crippen molar-refractivity contribution in [3.63, 3.8) is 0 Å².